The maximum atomic E-state index is 12.0. The van der Waals surface area contributed by atoms with Gasteiger partial charge in [-0.1, -0.05) is 31.9 Å². The molecule has 0 N–H and O–H groups in total. The first kappa shape index (κ1) is 12.9. The molecule has 0 saturated heterocycles. The van der Waals surface area contributed by atoms with E-state index in [9.17, 15) is 10.1 Å². The van der Waals surface area contributed by atoms with Gasteiger partial charge >= 0.3 is 0 Å². The van der Waals surface area contributed by atoms with Crippen molar-refractivity contribution in [2.75, 3.05) is 0 Å². The molecular formula is C8H13Br2N3O2. The second kappa shape index (κ2) is 3.69. The van der Waals surface area contributed by atoms with E-state index in [2.05, 4.69) is 37.1 Å². The van der Waals surface area contributed by atoms with Crippen LogP contribution >= 0.6 is 31.9 Å². The van der Waals surface area contributed by atoms with Crippen LogP contribution in [0.5, 0.6) is 0 Å². The fourth-order valence-corrected chi connectivity index (χ4v) is 3.47. The van der Waals surface area contributed by atoms with Crippen LogP contribution in [-0.4, -0.2) is 30.4 Å². The highest BCUT2D eigenvalue weighted by molar-refractivity contribution is 9.25. The normalized spacial score (nSPS) is 23.8. The van der Waals surface area contributed by atoms with E-state index in [1.165, 1.54) is 5.01 Å². The number of hydrogen-bond acceptors (Lipinski definition) is 3. The molecule has 0 amide bonds. The lowest BCUT2D eigenvalue weighted by Gasteiger charge is -2.30. The van der Waals surface area contributed by atoms with Gasteiger partial charge in [0.25, 0.3) is 5.66 Å². The molecule has 0 saturated carbocycles. The minimum absolute atomic E-state index is 0.275. The summed E-state index contributed by atoms with van der Waals surface area (Å²) in [5.41, 5.74) is -1.13. The lowest BCUT2D eigenvalue weighted by Crippen LogP contribution is -2.50. The maximum absolute atomic E-state index is 12.0. The molecule has 0 atom stereocenters. The van der Waals surface area contributed by atoms with Crippen LogP contribution in [0.1, 0.15) is 27.7 Å². The largest absolute Gasteiger partial charge is 0.622 e. The fraction of sp³-hybridized carbons (Fsp3) is 0.875. The van der Waals surface area contributed by atoms with Gasteiger partial charge < -0.3 is 5.21 Å². The summed E-state index contributed by atoms with van der Waals surface area (Å²) in [6, 6.07) is 0. The van der Waals surface area contributed by atoms with Gasteiger partial charge in [0, 0.05) is 13.8 Å². The predicted octanol–water partition coefficient (Wildman–Crippen LogP) is 2.57. The molecule has 1 aliphatic rings. The number of alkyl halides is 2. The van der Waals surface area contributed by atoms with Crippen LogP contribution in [0.15, 0.2) is 5.29 Å². The first-order chi connectivity index (χ1) is 6.67. The minimum Gasteiger partial charge on any atom is -0.622 e. The summed E-state index contributed by atoms with van der Waals surface area (Å²) >= 11 is 6.59. The summed E-state index contributed by atoms with van der Waals surface area (Å²) in [5, 5.41) is 16.3. The van der Waals surface area contributed by atoms with Crippen molar-refractivity contribution in [3.63, 3.8) is 0 Å². The molecule has 1 rings (SSSR count). The zero-order valence-electron chi connectivity index (χ0n) is 8.99. The van der Waals surface area contributed by atoms with Crippen molar-refractivity contribution in [2.45, 2.75) is 42.6 Å². The number of rotatable bonds is 2. The smallest absolute Gasteiger partial charge is 0.260 e. The summed E-state index contributed by atoms with van der Waals surface area (Å²) in [7, 11) is 0. The molecule has 15 heavy (non-hydrogen) atoms. The highest BCUT2D eigenvalue weighted by Gasteiger charge is 2.58. The van der Waals surface area contributed by atoms with E-state index in [-0.39, 0.29) is 3.74 Å². The fourth-order valence-electron chi connectivity index (χ4n) is 1.98. The number of hydroxylamine groups is 1. The van der Waals surface area contributed by atoms with E-state index in [0.29, 0.717) is 5.71 Å². The molecule has 5 nitrogen and oxygen atoms in total. The Morgan fingerprint density at radius 3 is 2.07 bits per heavy atom. The van der Waals surface area contributed by atoms with Gasteiger partial charge in [0.2, 0.25) is 5.71 Å². The van der Waals surface area contributed by atoms with Gasteiger partial charge in [-0.05, 0) is 13.8 Å². The number of nitrogens with zero attached hydrogens (tertiary/aromatic N) is 3. The van der Waals surface area contributed by atoms with Crippen molar-refractivity contribution in [1.29, 1.82) is 0 Å². The summed E-state index contributed by atoms with van der Waals surface area (Å²) in [6.07, 6.45) is 0. The van der Waals surface area contributed by atoms with Gasteiger partial charge in [0.05, 0.1) is 5.29 Å². The van der Waals surface area contributed by atoms with Crippen molar-refractivity contribution in [3.05, 3.63) is 10.1 Å². The Kier molecular flexibility index (Phi) is 3.17. The van der Waals surface area contributed by atoms with E-state index in [4.69, 9.17) is 0 Å². The van der Waals surface area contributed by atoms with Crippen molar-refractivity contribution in [3.8, 4) is 0 Å². The van der Waals surface area contributed by atoms with E-state index >= 15 is 0 Å². The molecule has 1 aliphatic heterocycles. The monoisotopic (exact) mass is 341 g/mol. The summed E-state index contributed by atoms with van der Waals surface area (Å²) in [6.45, 7) is 6.91. The highest BCUT2D eigenvalue weighted by atomic mass is 79.9. The van der Waals surface area contributed by atoms with Crippen LogP contribution in [0.2, 0.25) is 0 Å². The van der Waals surface area contributed by atoms with Crippen LogP contribution in [0.25, 0.3) is 0 Å². The summed E-state index contributed by atoms with van der Waals surface area (Å²) in [4.78, 5) is 10.8. The third kappa shape index (κ3) is 1.69. The van der Waals surface area contributed by atoms with E-state index in [0.717, 1.165) is 4.74 Å². The van der Waals surface area contributed by atoms with Crippen molar-refractivity contribution < 1.29 is 4.74 Å². The number of hydrogen-bond donors (Lipinski definition) is 0. The zero-order valence-corrected chi connectivity index (χ0v) is 12.2. The Morgan fingerprint density at radius 1 is 1.40 bits per heavy atom. The second-order valence-electron chi connectivity index (χ2n) is 4.43. The van der Waals surface area contributed by atoms with Crippen molar-refractivity contribution in [1.82, 2.24) is 5.01 Å². The van der Waals surface area contributed by atoms with Gasteiger partial charge in [0.1, 0.15) is 5.54 Å². The lowest BCUT2D eigenvalue weighted by molar-refractivity contribution is -0.559. The van der Waals surface area contributed by atoms with Crippen molar-refractivity contribution in [2.24, 2.45) is 5.29 Å². The molecule has 0 spiro atoms. The standard InChI is InChI=1S/C8H13Br2N3O2/c1-7(2)5(6(9)10)12(15)8(3,4)13(7)11-14/h6H,1-4H3. The first-order valence-electron chi connectivity index (χ1n) is 4.43. The molecule has 0 fully saturated rings. The van der Waals surface area contributed by atoms with Crippen LogP contribution < -0.4 is 0 Å². The summed E-state index contributed by atoms with van der Waals surface area (Å²) < 4.78 is 0.547. The minimum atomic E-state index is -0.958. The molecule has 7 heteroatoms. The third-order valence-electron chi connectivity index (χ3n) is 2.68. The zero-order chi connectivity index (χ0) is 12.0. The Hall–Kier alpha value is -0.170. The number of halogens is 2. The Bertz CT molecular complexity index is 326. The van der Waals surface area contributed by atoms with Crippen LogP contribution in [0.4, 0.5) is 0 Å². The van der Waals surface area contributed by atoms with Gasteiger partial charge in [-0.15, -0.1) is 4.91 Å². The molecule has 0 aromatic carbocycles. The Balaban J connectivity index is 3.37. The second-order valence-corrected chi connectivity index (χ2v) is 7.49. The highest BCUT2D eigenvalue weighted by Crippen LogP contribution is 2.37. The van der Waals surface area contributed by atoms with E-state index < -0.39 is 11.2 Å². The molecule has 0 aromatic heterocycles. The maximum Gasteiger partial charge on any atom is 0.260 e. The molecule has 86 valence electrons. The Labute approximate surface area is 105 Å². The molecule has 0 aliphatic carbocycles. The van der Waals surface area contributed by atoms with Gasteiger partial charge in [0.15, 0.2) is 3.74 Å². The quantitative estimate of drug-likeness (QED) is 0.335. The molecule has 0 unspecified atom stereocenters. The molecular weight excluding hydrogens is 330 g/mol. The summed E-state index contributed by atoms with van der Waals surface area (Å²) in [5.74, 6) is 0. The lowest BCUT2D eigenvalue weighted by atomic mass is 10.00. The van der Waals surface area contributed by atoms with Crippen LogP contribution in [0, 0.1) is 10.1 Å². The van der Waals surface area contributed by atoms with Crippen LogP contribution in [-0.2, 0) is 0 Å². The van der Waals surface area contributed by atoms with Gasteiger partial charge in [-0.3, -0.25) is 0 Å². The first-order valence-corrected chi connectivity index (χ1v) is 6.27. The van der Waals surface area contributed by atoms with Gasteiger partial charge in [-0.2, -0.15) is 9.75 Å². The number of nitroso groups, excluding NO2 is 1. The molecule has 1 heterocycles. The molecule has 0 aromatic rings. The average Bonchev–Trinajstić information content (AvgIpc) is 2.14. The predicted molar refractivity (Wildman–Crippen MR) is 66.1 cm³/mol. The topological polar surface area (TPSA) is 58.7 Å². The van der Waals surface area contributed by atoms with Crippen molar-refractivity contribution >= 4 is 37.6 Å². The average molecular weight is 343 g/mol. The third-order valence-corrected chi connectivity index (χ3v) is 3.55. The molecule has 0 bridgehead atoms. The van der Waals surface area contributed by atoms with E-state index in [1.54, 1.807) is 27.7 Å². The van der Waals surface area contributed by atoms with Crippen LogP contribution in [0.3, 0.4) is 0 Å². The Morgan fingerprint density at radius 2 is 1.87 bits per heavy atom. The van der Waals surface area contributed by atoms with Gasteiger partial charge in [-0.25, -0.2) is 0 Å². The molecule has 0 radical (unpaired) electrons. The SMILES string of the molecule is CC1(C)C(C(Br)Br)=[N+]([O-])C(C)(C)N1N=O. The van der Waals surface area contributed by atoms with E-state index in [1.807, 2.05) is 0 Å².